The lowest BCUT2D eigenvalue weighted by Gasteiger charge is -2.16. The Bertz CT molecular complexity index is 1020. The highest BCUT2D eigenvalue weighted by Crippen LogP contribution is 2.29. The molecule has 0 bridgehead atoms. The highest BCUT2D eigenvalue weighted by atomic mass is 32.1. The molecule has 1 aliphatic rings. The van der Waals surface area contributed by atoms with Gasteiger partial charge in [-0.15, -0.1) is 11.3 Å². The minimum Gasteiger partial charge on any atom is -0.497 e. The Morgan fingerprint density at radius 1 is 1.14 bits per heavy atom. The number of hydrogen-bond donors (Lipinski definition) is 1. The van der Waals surface area contributed by atoms with Crippen LogP contribution in [-0.2, 0) is 17.6 Å². The molecule has 2 aromatic carbocycles. The van der Waals surface area contributed by atoms with Crippen molar-refractivity contribution in [3.63, 3.8) is 0 Å². The summed E-state index contributed by atoms with van der Waals surface area (Å²) in [5.74, 6) is 0.561. The Balaban J connectivity index is 1.43. The molecule has 4 nitrogen and oxygen atoms in total. The smallest absolute Gasteiger partial charge is 0.250 e. The summed E-state index contributed by atoms with van der Waals surface area (Å²) in [6.07, 6.45) is 8.13. The third kappa shape index (κ3) is 4.31. The van der Waals surface area contributed by atoms with Crippen LogP contribution >= 0.6 is 11.3 Å². The van der Waals surface area contributed by atoms with Crippen LogP contribution in [0.5, 0.6) is 5.75 Å². The van der Waals surface area contributed by atoms with E-state index < -0.39 is 0 Å². The molecule has 0 unspecified atom stereocenters. The summed E-state index contributed by atoms with van der Waals surface area (Å²) < 4.78 is 5.19. The molecule has 0 spiro atoms. The second-order valence-corrected chi connectivity index (χ2v) is 7.69. The van der Waals surface area contributed by atoms with Crippen LogP contribution in [-0.4, -0.2) is 18.0 Å². The lowest BCUT2D eigenvalue weighted by molar-refractivity contribution is -0.111. The summed E-state index contributed by atoms with van der Waals surface area (Å²) in [6.45, 7) is 0. The lowest BCUT2D eigenvalue weighted by atomic mass is 9.90. The SMILES string of the molecule is COc1cccc(/C=C/C(=O)Nc2nc(-c3ccc4c(c3)CCCC4)cs2)c1. The molecule has 0 saturated heterocycles. The Labute approximate surface area is 168 Å². The zero-order valence-corrected chi connectivity index (χ0v) is 16.6. The second-order valence-electron chi connectivity index (χ2n) is 6.83. The summed E-state index contributed by atoms with van der Waals surface area (Å²) >= 11 is 1.44. The number of carbonyl (C=O) groups excluding carboxylic acids is 1. The van der Waals surface area contributed by atoms with Crippen LogP contribution in [0.4, 0.5) is 5.13 Å². The van der Waals surface area contributed by atoms with Gasteiger partial charge in [0, 0.05) is 17.0 Å². The molecular formula is C23H22N2O2S. The molecule has 0 radical (unpaired) electrons. The number of aryl methyl sites for hydroxylation is 2. The van der Waals surface area contributed by atoms with E-state index in [1.54, 1.807) is 13.2 Å². The van der Waals surface area contributed by atoms with Crippen molar-refractivity contribution in [1.82, 2.24) is 4.98 Å². The fourth-order valence-corrected chi connectivity index (χ4v) is 4.14. The summed E-state index contributed by atoms with van der Waals surface area (Å²) in [7, 11) is 1.62. The zero-order valence-electron chi connectivity index (χ0n) is 15.8. The molecule has 4 rings (SSSR count). The van der Waals surface area contributed by atoms with Gasteiger partial charge < -0.3 is 4.74 Å². The predicted molar refractivity (Wildman–Crippen MR) is 115 cm³/mol. The van der Waals surface area contributed by atoms with Crippen LogP contribution in [0.15, 0.2) is 53.9 Å². The number of amides is 1. The standard InChI is InChI=1S/C23H22N2O2S/c1-27-20-8-4-5-16(13-20)9-12-22(26)25-23-24-21(15-28-23)19-11-10-17-6-2-3-7-18(17)14-19/h4-5,8-15H,2-3,6-7H2,1H3,(H,24,25,26)/b12-9+. The van der Waals surface area contributed by atoms with Gasteiger partial charge in [0.05, 0.1) is 12.8 Å². The summed E-state index contributed by atoms with van der Waals surface area (Å²) in [5.41, 5.74) is 5.82. The average molecular weight is 391 g/mol. The number of aromatic nitrogens is 1. The van der Waals surface area contributed by atoms with E-state index in [-0.39, 0.29) is 5.91 Å². The van der Waals surface area contributed by atoms with Gasteiger partial charge in [0.15, 0.2) is 5.13 Å². The molecule has 28 heavy (non-hydrogen) atoms. The number of carbonyl (C=O) groups is 1. The van der Waals surface area contributed by atoms with E-state index in [0.29, 0.717) is 5.13 Å². The fraction of sp³-hybridized carbons (Fsp3) is 0.217. The number of nitrogens with zero attached hydrogens (tertiary/aromatic N) is 1. The van der Waals surface area contributed by atoms with Gasteiger partial charge >= 0.3 is 0 Å². The molecule has 1 aromatic heterocycles. The van der Waals surface area contributed by atoms with Gasteiger partial charge in [-0.05, 0) is 66.6 Å². The van der Waals surface area contributed by atoms with E-state index in [2.05, 4.69) is 28.5 Å². The van der Waals surface area contributed by atoms with Crippen LogP contribution in [0.1, 0.15) is 29.5 Å². The van der Waals surface area contributed by atoms with Crippen molar-refractivity contribution in [3.8, 4) is 17.0 Å². The van der Waals surface area contributed by atoms with E-state index in [1.165, 1.54) is 47.8 Å². The van der Waals surface area contributed by atoms with Gasteiger partial charge in [0.1, 0.15) is 5.75 Å². The van der Waals surface area contributed by atoms with E-state index in [0.717, 1.165) is 29.0 Å². The first-order valence-corrected chi connectivity index (χ1v) is 10.3. The number of hydrogen-bond acceptors (Lipinski definition) is 4. The first kappa shape index (κ1) is 18.4. The number of benzene rings is 2. The monoisotopic (exact) mass is 390 g/mol. The van der Waals surface area contributed by atoms with Crippen LogP contribution in [0.25, 0.3) is 17.3 Å². The maximum atomic E-state index is 12.2. The third-order valence-electron chi connectivity index (χ3n) is 4.90. The van der Waals surface area contributed by atoms with Gasteiger partial charge in [-0.3, -0.25) is 10.1 Å². The van der Waals surface area contributed by atoms with Crippen LogP contribution < -0.4 is 10.1 Å². The molecule has 0 fully saturated rings. The maximum Gasteiger partial charge on any atom is 0.250 e. The van der Waals surface area contributed by atoms with Gasteiger partial charge in [-0.2, -0.15) is 0 Å². The zero-order chi connectivity index (χ0) is 19.3. The lowest BCUT2D eigenvalue weighted by Crippen LogP contribution is -2.07. The minimum absolute atomic E-state index is 0.200. The normalized spacial score (nSPS) is 13.3. The van der Waals surface area contributed by atoms with Gasteiger partial charge in [-0.25, -0.2) is 4.98 Å². The molecule has 1 aliphatic carbocycles. The summed E-state index contributed by atoms with van der Waals surface area (Å²) in [6, 6.07) is 14.2. The highest BCUT2D eigenvalue weighted by Gasteiger charge is 2.12. The topological polar surface area (TPSA) is 51.2 Å². The average Bonchev–Trinajstić information content (AvgIpc) is 3.20. The molecule has 3 aromatic rings. The minimum atomic E-state index is -0.200. The van der Waals surface area contributed by atoms with Crippen molar-refractivity contribution in [2.24, 2.45) is 0 Å². The third-order valence-corrected chi connectivity index (χ3v) is 5.66. The van der Waals surface area contributed by atoms with E-state index in [1.807, 2.05) is 29.6 Å². The Hall–Kier alpha value is -2.92. The van der Waals surface area contributed by atoms with Crippen LogP contribution in [0.2, 0.25) is 0 Å². The highest BCUT2D eigenvalue weighted by molar-refractivity contribution is 7.14. The number of methoxy groups -OCH3 is 1. The molecule has 0 aliphatic heterocycles. The number of rotatable bonds is 5. The number of anilines is 1. The molecule has 0 atom stereocenters. The quantitative estimate of drug-likeness (QED) is 0.598. The maximum absolute atomic E-state index is 12.2. The Kier molecular flexibility index (Phi) is 5.53. The van der Waals surface area contributed by atoms with Crippen molar-refractivity contribution >= 4 is 28.5 Å². The number of fused-ring (bicyclic) bond motifs is 1. The summed E-state index contributed by atoms with van der Waals surface area (Å²) in [4.78, 5) is 16.8. The molecule has 1 amide bonds. The van der Waals surface area contributed by atoms with Gasteiger partial charge in [0.2, 0.25) is 5.91 Å². The second kappa shape index (κ2) is 8.40. The van der Waals surface area contributed by atoms with Crippen LogP contribution in [0.3, 0.4) is 0 Å². The van der Waals surface area contributed by atoms with E-state index >= 15 is 0 Å². The molecule has 1 heterocycles. The number of ether oxygens (including phenoxy) is 1. The van der Waals surface area contributed by atoms with E-state index in [9.17, 15) is 4.79 Å². The molecular weight excluding hydrogens is 368 g/mol. The number of nitrogens with one attached hydrogen (secondary N) is 1. The first-order valence-electron chi connectivity index (χ1n) is 9.42. The largest absolute Gasteiger partial charge is 0.497 e. The van der Waals surface area contributed by atoms with E-state index in [4.69, 9.17) is 4.74 Å². The van der Waals surface area contributed by atoms with Crippen molar-refractivity contribution in [2.45, 2.75) is 25.7 Å². The molecule has 1 N–H and O–H groups in total. The number of thiazole rings is 1. The van der Waals surface area contributed by atoms with Crippen molar-refractivity contribution < 1.29 is 9.53 Å². The molecule has 142 valence electrons. The predicted octanol–water partition coefficient (Wildman–Crippen LogP) is 5.35. The first-order chi connectivity index (χ1) is 13.7. The van der Waals surface area contributed by atoms with Crippen molar-refractivity contribution in [3.05, 3.63) is 70.6 Å². The van der Waals surface area contributed by atoms with Crippen LogP contribution in [0, 0.1) is 0 Å². The van der Waals surface area contributed by atoms with Gasteiger partial charge in [0.25, 0.3) is 0 Å². The van der Waals surface area contributed by atoms with Crippen molar-refractivity contribution in [1.29, 1.82) is 0 Å². The van der Waals surface area contributed by atoms with Gasteiger partial charge in [-0.1, -0.05) is 24.3 Å². The fourth-order valence-electron chi connectivity index (χ4n) is 3.42. The molecule has 5 heteroatoms. The Morgan fingerprint density at radius 3 is 2.86 bits per heavy atom. The molecule has 0 saturated carbocycles. The van der Waals surface area contributed by atoms with Crippen molar-refractivity contribution in [2.75, 3.05) is 12.4 Å². The summed E-state index contributed by atoms with van der Waals surface area (Å²) in [5, 5.41) is 5.44. The Morgan fingerprint density at radius 2 is 2.00 bits per heavy atom.